The van der Waals surface area contributed by atoms with E-state index in [1.807, 2.05) is 4.90 Å². The molecule has 3 N–H and O–H groups in total. The van der Waals surface area contributed by atoms with Gasteiger partial charge in [-0.2, -0.15) is 0 Å². The third-order valence-corrected chi connectivity index (χ3v) is 3.90. The van der Waals surface area contributed by atoms with Crippen molar-refractivity contribution in [2.24, 2.45) is 0 Å². The summed E-state index contributed by atoms with van der Waals surface area (Å²) < 4.78 is 0. The molecular formula is C15H22ClN3O5. The number of carbonyl (C=O) groups excluding carboxylic acids is 1. The van der Waals surface area contributed by atoms with E-state index in [-0.39, 0.29) is 18.3 Å². The number of amides is 1. The Hall–Kier alpha value is -2.06. The van der Waals surface area contributed by atoms with Crippen LogP contribution in [0, 0.1) is 10.1 Å². The van der Waals surface area contributed by atoms with Crippen molar-refractivity contribution in [3.8, 4) is 11.5 Å². The number of phenolic OH excluding ortho intramolecular Hbond substituents is 2. The van der Waals surface area contributed by atoms with Crippen LogP contribution in [0.2, 0.25) is 0 Å². The number of rotatable bonds is 6. The van der Waals surface area contributed by atoms with Gasteiger partial charge in [-0.05, 0) is 30.9 Å². The van der Waals surface area contributed by atoms with Crippen LogP contribution in [0.5, 0.6) is 11.5 Å². The number of carbonyl (C=O) groups is 1. The Kier molecular flexibility index (Phi) is 7.73. The number of halogens is 1. The van der Waals surface area contributed by atoms with Crippen molar-refractivity contribution in [2.45, 2.75) is 25.7 Å². The molecular weight excluding hydrogens is 338 g/mol. The monoisotopic (exact) mass is 359 g/mol. The highest BCUT2D eigenvalue weighted by Gasteiger charge is 2.19. The summed E-state index contributed by atoms with van der Waals surface area (Å²) in [5.74, 6) is -1.08. The Morgan fingerprint density at radius 2 is 1.92 bits per heavy atom. The Morgan fingerprint density at radius 3 is 2.54 bits per heavy atom. The number of piperazine rings is 1. The minimum atomic E-state index is -0.730. The number of hydrogen-bond donors (Lipinski definition) is 3. The number of benzene rings is 1. The number of aryl methyl sites for hydroxylation is 1. The predicted molar refractivity (Wildman–Crippen MR) is 90.7 cm³/mol. The van der Waals surface area contributed by atoms with Gasteiger partial charge in [0.05, 0.1) is 4.92 Å². The van der Waals surface area contributed by atoms with Crippen LogP contribution in [-0.4, -0.2) is 52.1 Å². The summed E-state index contributed by atoms with van der Waals surface area (Å²) in [5.41, 5.74) is 0.0681. The second-order valence-electron chi connectivity index (χ2n) is 5.58. The van der Waals surface area contributed by atoms with E-state index in [1.165, 1.54) is 12.1 Å². The molecule has 24 heavy (non-hydrogen) atoms. The maximum Gasteiger partial charge on any atom is 0.314 e. The summed E-state index contributed by atoms with van der Waals surface area (Å²) in [6.07, 6.45) is 2.31. The summed E-state index contributed by atoms with van der Waals surface area (Å²) in [7, 11) is 0. The van der Waals surface area contributed by atoms with E-state index >= 15 is 0 Å². The van der Waals surface area contributed by atoms with Crippen LogP contribution in [0.25, 0.3) is 0 Å². The largest absolute Gasteiger partial charge is 0.504 e. The van der Waals surface area contributed by atoms with Crippen molar-refractivity contribution in [1.29, 1.82) is 0 Å². The van der Waals surface area contributed by atoms with Crippen LogP contribution in [0.15, 0.2) is 12.1 Å². The number of unbranched alkanes of at least 4 members (excludes halogenated alkanes) is 1. The normalized spacial score (nSPS) is 14.1. The average molecular weight is 360 g/mol. The fourth-order valence-electron chi connectivity index (χ4n) is 2.62. The Morgan fingerprint density at radius 1 is 1.25 bits per heavy atom. The molecule has 1 amide bonds. The molecule has 0 radical (unpaired) electrons. The van der Waals surface area contributed by atoms with Gasteiger partial charge in [-0.1, -0.05) is 0 Å². The number of phenols is 2. The van der Waals surface area contributed by atoms with Crippen molar-refractivity contribution >= 4 is 24.0 Å². The van der Waals surface area contributed by atoms with E-state index in [2.05, 4.69) is 5.32 Å². The van der Waals surface area contributed by atoms with Crippen molar-refractivity contribution in [1.82, 2.24) is 10.2 Å². The molecule has 1 heterocycles. The van der Waals surface area contributed by atoms with Crippen molar-refractivity contribution in [2.75, 3.05) is 26.2 Å². The molecule has 0 atom stereocenters. The molecule has 0 spiro atoms. The van der Waals surface area contributed by atoms with Crippen molar-refractivity contribution in [3.05, 3.63) is 27.8 Å². The SMILES string of the molecule is Cl.O=C(CCCCc1cc(O)c(O)c([N+](=O)[O-])c1)N1CCNCC1. The molecule has 1 aliphatic rings. The highest BCUT2D eigenvalue weighted by atomic mass is 35.5. The lowest BCUT2D eigenvalue weighted by Crippen LogP contribution is -2.46. The van der Waals surface area contributed by atoms with E-state index in [0.717, 1.165) is 26.2 Å². The first kappa shape index (κ1) is 20.0. The first-order chi connectivity index (χ1) is 11.0. The van der Waals surface area contributed by atoms with Gasteiger partial charge >= 0.3 is 5.69 Å². The summed E-state index contributed by atoms with van der Waals surface area (Å²) in [6, 6.07) is 2.58. The third kappa shape index (κ3) is 5.24. The van der Waals surface area contributed by atoms with Crippen LogP contribution in [0.4, 0.5) is 5.69 Å². The van der Waals surface area contributed by atoms with Gasteiger partial charge in [-0.25, -0.2) is 0 Å². The van der Waals surface area contributed by atoms with E-state index in [1.54, 1.807) is 0 Å². The summed E-state index contributed by atoms with van der Waals surface area (Å²) >= 11 is 0. The van der Waals surface area contributed by atoms with Crippen molar-refractivity contribution < 1.29 is 19.9 Å². The summed E-state index contributed by atoms with van der Waals surface area (Å²) in [4.78, 5) is 23.9. The second kappa shape index (κ2) is 9.29. The first-order valence-electron chi connectivity index (χ1n) is 7.67. The Labute approximate surface area is 146 Å². The molecule has 0 aliphatic carbocycles. The van der Waals surface area contributed by atoms with Crippen LogP contribution >= 0.6 is 12.4 Å². The predicted octanol–water partition coefficient (Wildman–Crippen LogP) is 1.57. The lowest BCUT2D eigenvalue weighted by Gasteiger charge is -2.27. The Balaban J connectivity index is 0.00000288. The zero-order chi connectivity index (χ0) is 16.8. The van der Waals surface area contributed by atoms with Crippen LogP contribution in [0.1, 0.15) is 24.8 Å². The Bertz CT molecular complexity index is 591. The molecule has 9 heteroatoms. The summed E-state index contributed by atoms with van der Waals surface area (Å²) in [6.45, 7) is 3.11. The fourth-order valence-corrected chi connectivity index (χ4v) is 2.62. The zero-order valence-corrected chi connectivity index (χ0v) is 14.0. The summed E-state index contributed by atoms with van der Waals surface area (Å²) in [5, 5.41) is 32.9. The maximum absolute atomic E-state index is 12.0. The lowest BCUT2D eigenvalue weighted by atomic mass is 10.0. The molecule has 0 saturated carbocycles. The van der Waals surface area contributed by atoms with Gasteiger partial charge < -0.3 is 20.4 Å². The molecule has 1 aliphatic heterocycles. The molecule has 0 bridgehead atoms. The van der Waals surface area contributed by atoms with Crippen LogP contribution in [0.3, 0.4) is 0 Å². The third-order valence-electron chi connectivity index (χ3n) is 3.90. The quantitative estimate of drug-likeness (QED) is 0.307. The lowest BCUT2D eigenvalue weighted by molar-refractivity contribution is -0.386. The highest BCUT2D eigenvalue weighted by molar-refractivity contribution is 5.85. The molecule has 1 aromatic rings. The minimum absolute atomic E-state index is 0. The topological polar surface area (TPSA) is 116 Å². The molecule has 134 valence electrons. The maximum atomic E-state index is 12.0. The van der Waals surface area contributed by atoms with Gasteiger partial charge in [0.25, 0.3) is 0 Å². The van der Waals surface area contributed by atoms with Gasteiger partial charge in [-0.3, -0.25) is 14.9 Å². The van der Waals surface area contributed by atoms with Gasteiger partial charge in [0, 0.05) is 38.7 Å². The molecule has 0 unspecified atom stereocenters. The fraction of sp³-hybridized carbons (Fsp3) is 0.533. The van der Waals surface area contributed by atoms with Gasteiger partial charge in [0.1, 0.15) is 0 Å². The molecule has 0 aromatic heterocycles. The van der Waals surface area contributed by atoms with Gasteiger partial charge in [-0.15, -0.1) is 12.4 Å². The van der Waals surface area contributed by atoms with Crippen molar-refractivity contribution in [3.63, 3.8) is 0 Å². The van der Waals surface area contributed by atoms with Gasteiger partial charge in [0.15, 0.2) is 5.75 Å². The molecule has 1 saturated heterocycles. The minimum Gasteiger partial charge on any atom is -0.504 e. The number of aromatic hydroxyl groups is 2. The first-order valence-corrected chi connectivity index (χ1v) is 7.67. The second-order valence-corrected chi connectivity index (χ2v) is 5.58. The zero-order valence-electron chi connectivity index (χ0n) is 13.2. The van der Waals surface area contributed by atoms with E-state index in [0.29, 0.717) is 31.2 Å². The molecule has 1 aromatic carbocycles. The smallest absolute Gasteiger partial charge is 0.314 e. The van der Waals surface area contributed by atoms with Gasteiger partial charge in [0.2, 0.25) is 11.7 Å². The van der Waals surface area contributed by atoms with E-state index in [9.17, 15) is 25.1 Å². The van der Waals surface area contributed by atoms with E-state index in [4.69, 9.17) is 0 Å². The average Bonchev–Trinajstić information content (AvgIpc) is 2.55. The molecule has 8 nitrogen and oxygen atoms in total. The standard InChI is InChI=1S/C15H21N3O5.ClH/c19-13-10-11(9-12(15(13)21)18(22)23)3-1-2-4-14(20)17-7-5-16-6-8-17;/h9-10,16,19,21H,1-8H2;1H. The number of nitro groups is 1. The van der Waals surface area contributed by atoms with Crippen LogP contribution in [-0.2, 0) is 11.2 Å². The number of hydrogen-bond acceptors (Lipinski definition) is 6. The molecule has 1 fully saturated rings. The van der Waals surface area contributed by atoms with Crippen LogP contribution < -0.4 is 5.32 Å². The highest BCUT2D eigenvalue weighted by Crippen LogP contribution is 2.36. The van der Waals surface area contributed by atoms with E-state index < -0.39 is 22.1 Å². The number of nitrogens with one attached hydrogen (secondary N) is 1. The number of nitro benzene ring substituents is 1. The number of nitrogens with zero attached hydrogens (tertiary/aromatic N) is 2. The molecule has 2 rings (SSSR count).